The molecule has 0 aromatic rings. The highest BCUT2D eigenvalue weighted by molar-refractivity contribution is 6.27. The van der Waals surface area contributed by atoms with Crippen LogP contribution in [0.4, 0.5) is 0 Å². The Labute approximate surface area is 76.6 Å². The van der Waals surface area contributed by atoms with Crippen LogP contribution in [0.15, 0.2) is 0 Å². The predicted octanol–water partition coefficient (Wildman–Crippen LogP) is -1.16. The molecule has 0 aromatic heterocycles. The van der Waals surface area contributed by atoms with Crippen molar-refractivity contribution in [1.29, 1.82) is 0 Å². The van der Waals surface area contributed by atoms with Gasteiger partial charge in [0.2, 0.25) is 0 Å². The van der Waals surface area contributed by atoms with E-state index < -0.39 is 11.9 Å². The monoisotopic (exact) mass is 194 g/mol. The van der Waals surface area contributed by atoms with E-state index in [2.05, 4.69) is 21.1 Å². The molecule has 0 saturated carbocycles. The van der Waals surface area contributed by atoms with Crippen LogP contribution in [-0.2, 0) is 9.59 Å². The molecule has 0 bridgehead atoms. The molecule has 6 heteroatoms. The van der Waals surface area contributed by atoms with E-state index in [1.807, 2.05) is 0 Å². The smallest absolute Gasteiger partial charge is 0.414 e. The van der Waals surface area contributed by atoms with Crippen LogP contribution >= 0.6 is 0 Å². The highest BCUT2D eigenvalue weighted by Gasteiger charge is 2.04. The maximum absolute atomic E-state index is 9.10. The molecular formula is C7H16NO5+. The number of aliphatic hydroxyl groups is 1. The SMILES string of the molecule is C[N+](C)(C)CCO.O=C(O)C(=O)O. The number of hydrogen-bond acceptors (Lipinski definition) is 3. The molecule has 0 rings (SSSR count). The molecule has 13 heavy (non-hydrogen) atoms. The van der Waals surface area contributed by atoms with Gasteiger partial charge >= 0.3 is 11.9 Å². The van der Waals surface area contributed by atoms with Gasteiger partial charge in [-0.2, -0.15) is 0 Å². The van der Waals surface area contributed by atoms with Gasteiger partial charge < -0.3 is 19.8 Å². The van der Waals surface area contributed by atoms with Crippen LogP contribution in [-0.4, -0.2) is 66.0 Å². The fourth-order valence-corrected chi connectivity index (χ4v) is 0.300. The van der Waals surface area contributed by atoms with E-state index in [-0.39, 0.29) is 6.61 Å². The maximum Gasteiger partial charge on any atom is 0.414 e. The number of aliphatic carboxylic acids is 2. The molecule has 0 radical (unpaired) electrons. The lowest BCUT2D eigenvalue weighted by molar-refractivity contribution is -0.870. The summed E-state index contributed by atoms with van der Waals surface area (Å²) >= 11 is 0. The first-order chi connectivity index (χ1) is 5.70. The van der Waals surface area contributed by atoms with Crippen LogP contribution < -0.4 is 0 Å². The first kappa shape index (κ1) is 14.4. The molecule has 0 fully saturated rings. The zero-order valence-electron chi connectivity index (χ0n) is 8.02. The number of aliphatic hydroxyl groups excluding tert-OH is 1. The average molecular weight is 194 g/mol. The van der Waals surface area contributed by atoms with E-state index in [9.17, 15) is 0 Å². The van der Waals surface area contributed by atoms with Gasteiger partial charge in [0.1, 0.15) is 6.54 Å². The van der Waals surface area contributed by atoms with Crippen molar-refractivity contribution in [3.05, 3.63) is 0 Å². The Morgan fingerprint density at radius 2 is 1.38 bits per heavy atom. The highest BCUT2D eigenvalue weighted by Crippen LogP contribution is 1.84. The molecule has 0 atom stereocenters. The van der Waals surface area contributed by atoms with Crippen LogP contribution in [0.1, 0.15) is 0 Å². The van der Waals surface area contributed by atoms with Gasteiger partial charge in [-0.05, 0) is 0 Å². The van der Waals surface area contributed by atoms with E-state index >= 15 is 0 Å². The third-order valence-corrected chi connectivity index (χ3v) is 0.954. The van der Waals surface area contributed by atoms with Crippen molar-refractivity contribution in [2.75, 3.05) is 34.3 Å². The van der Waals surface area contributed by atoms with Crippen molar-refractivity contribution in [3.63, 3.8) is 0 Å². The van der Waals surface area contributed by atoms with Gasteiger partial charge in [0.25, 0.3) is 0 Å². The van der Waals surface area contributed by atoms with Crippen molar-refractivity contribution in [2.45, 2.75) is 0 Å². The molecule has 0 aliphatic rings. The van der Waals surface area contributed by atoms with Crippen molar-refractivity contribution in [2.24, 2.45) is 0 Å². The Morgan fingerprint density at radius 1 is 1.08 bits per heavy atom. The maximum atomic E-state index is 9.10. The molecule has 0 aliphatic carbocycles. The minimum atomic E-state index is -1.82. The molecule has 0 heterocycles. The lowest BCUT2D eigenvalue weighted by Crippen LogP contribution is -2.36. The Hall–Kier alpha value is -1.14. The summed E-state index contributed by atoms with van der Waals surface area (Å²) in [5.41, 5.74) is 0. The number of hydrogen-bond donors (Lipinski definition) is 3. The standard InChI is InChI=1S/C5H14NO.C2H2O4/c1-6(2,3)4-5-7;3-1(4)2(5)6/h7H,4-5H2,1-3H3;(H,3,4)(H,5,6)/q+1;. The molecule has 6 nitrogen and oxygen atoms in total. The zero-order valence-corrected chi connectivity index (χ0v) is 8.02. The zero-order chi connectivity index (χ0) is 11.1. The normalized spacial score (nSPS) is 9.85. The van der Waals surface area contributed by atoms with Crippen LogP contribution in [0.2, 0.25) is 0 Å². The topological polar surface area (TPSA) is 94.8 Å². The minimum absolute atomic E-state index is 0.281. The Kier molecular flexibility index (Phi) is 7.07. The number of carboxylic acid groups (broad SMARTS) is 2. The minimum Gasteiger partial charge on any atom is -0.473 e. The first-order valence-corrected chi connectivity index (χ1v) is 3.58. The molecular weight excluding hydrogens is 178 g/mol. The van der Waals surface area contributed by atoms with E-state index in [0.717, 1.165) is 11.0 Å². The van der Waals surface area contributed by atoms with Crippen LogP contribution in [0.5, 0.6) is 0 Å². The van der Waals surface area contributed by atoms with E-state index in [1.54, 1.807) is 0 Å². The van der Waals surface area contributed by atoms with Crippen LogP contribution in [0.3, 0.4) is 0 Å². The summed E-state index contributed by atoms with van der Waals surface area (Å²) in [6.07, 6.45) is 0. The van der Waals surface area contributed by atoms with E-state index in [4.69, 9.17) is 24.9 Å². The Morgan fingerprint density at radius 3 is 1.38 bits per heavy atom. The Bertz CT molecular complexity index is 160. The van der Waals surface area contributed by atoms with Gasteiger partial charge in [0.15, 0.2) is 0 Å². The Balaban J connectivity index is 0. The molecule has 0 aliphatic heterocycles. The largest absolute Gasteiger partial charge is 0.473 e. The van der Waals surface area contributed by atoms with E-state index in [1.165, 1.54) is 0 Å². The van der Waals surface area contributed by atoms with Gasteiger partial charge in [-0.3, -0.25) is 0 Å². The van der Waals surface area contributed by atoms with Gasteiger partial charge in [-0.1, -0.05) is 0 Å². The second-order valence-electron chi connectivity index (χ2n) is 3.35. The van der Waals surface area contributed by atoms with Gasteiger partial charge in [0.05, 0.1) is 27.7 Å². The van der Waals surface area contributed by atoms with Crippen molar-refractivity contribution >= 4 is 11.9 Å². The number of carbonyl (C=O) groups is 2. The van der Waals surface area contributed by atoms with Gasteiger partial charge in [-0.25, -0.2) is 9.59 Å². The summed E-state index contributed by atoms with van der Waals surface area (Å²) in [6.45, 7) is 1.11. The fraction of sp³-hybridized carbons (Fsp3) is 0.714. The third kappa shape index (κ3) is 18.1. The summed E-state index contributed by atoms with van der Waals surface area (Å²) in [5.74, 6) is -3.65. The molecule has 0 unspecified atom stereocenters. The molecule has 3 N–H and O–H groups in total. The number of nitrogens with zero attached hydrogens (tertiary/aromatic N) is 1. The third-order valence-electron chi connectivity index (χ3n) is 0.954. The predicted molar refractivity (Wildman–Crippen MR) is 45.3 cm³/mol. The summed E-state index contributed by atoms with van der Waals surface area (Å²) in [7, 11) is 6.16. The number of likely N-dealkylation sites (N-methyl/N-ethyl adjacent to an activating group) is 1. The summed E-state index contributed by atoms with van der Waals surface area (Å²) in [6, 6.07) is 0. The first-order valence-electron chi connectivity index (χ1n) is 3.58. The average Bonchev–Trinajstić information content (AvgIpc) is 1.85. The molecule has 0 spiro atoms. The molecule has 0 aromatic carbocycles. The van der Waals surface area contributed by atoms with Gasteiger partial charge in [0, 0.05) is 0 Å². The number of quaternary nitrogens is 1. The quantitative estimate of drug-likeness (QED) is 0.381. The molecule has 0 saturated heterocycles. The summed E-state index contributed by atoms with van der Waals surface area (Å²) in [4.78, 5) is 18.2. The fourth-order valence-electron chi connectivity index (χ4n) is 0.300. The van der Waals surface area contributed by atoms with Crippen molar-refractivity contribution in [3.8, 4) is 0 Å². The molecule has 0 amide bonds. The van der Waals surface area contributed by atoms with Gasteiger partial charge in [-0.15, -0.1) is 0 Å². The summed E-state index contributed by atoms with van der Waals surface area (Å²) in [5, 5.41) is 23.2. The van der Waals surface area contributed by atoms with E-state index in [0.29, 0.717) is 0 Å². The lowest BCUT2D eigenvalue weighted by Gasteiger charge is -2.21. The van der Waals surface area contributed by atoms with Crippen molar-refractivity contribution < 1.29 is 29.4 Å². The number of rotatable bonds is 2. The second kappa shape index (κ2) is 6.38. The summed E-state index contributed by atoms with van der Waals surface area (Å²) < 4.78 is 0.844. The van der Waals surface area contributed by atoms with Crippen LogP contribution in [0, 0.1) is 0 Å². The highest BCUT2D eigenvalue weighted by atomic mass is 16.4. The lowest BCUT2D eigenvalue weighted by atomic mass is 10.5. The van der Waals surface area contributed by atoms with Crippen LogP contribution in [0.25, 0.3) is 0 Å². The van der Waals surface area contributed by atoms with Crippen molar-refractivity contribution in [1.82, 2.24) is 0 Å². The molecule has 78 valence electrons. The number of carboxylic acids is 2. The second-order valence-corrected chi connectivity index (χ2v) is 3.35.